The number of nitrogens with one attached hydrogen (secondary N) is 1. The maximum atomic E-state index is 5.77. The van der Waals surface area contributed by atoms with Crippen molar-refractivity contribution in [3.63, 3.8) is 0 Å². The number of nitrogens with zero attached hydrogens (tertiary/aromatic N) is 2. The van der Waals surface area contributed by atoms with Crippen molar-refractivity contribution in [1.29, 1.82) is 0 Å². The third-order valence-electron chi connectivity index (χ3n) is 3.12. The molecule has 4 nitrogen and oxygen atoms in total. The summed E-state index contributed by atoms with van der Waals surface area (Å²) in [6.07, 6.45) is 1.88. The zero-order valence-electron chi connectivity index (χ0n) is 11.1. The molecule has 0 saturated carbocycles. The third-order valence-corrected chi connectivity index (χ3v) is 3.12. The molecule has 0 spiro atoms. The van der Waals surface area contributed by atoms with Crippen LogP contribution in [0.4, 0.5) is 0 Å². The van der Waals surface area contributed by atoms with Crippen molar-refractivity contribution < 1.29 is 4.42 Å². The second-order valence-corrected chi connectivity index (χ2v) is 4.21. The fraction of sp³-hybridized carbons (Fsp3) is 0.429. The summed E-state index contributed by atoms with van der Waals surface area (Å²) in [4.78, 5) is 0. The summed E-state index contributed by atoms with van der Waals surface area (Å²) in [5.41, 5.74) is 2.26. The highest BCUT2D eigenvalue weighted by Crippen LogP contribution is 2.25. The van der Waals surface area contributed by atoms with E-state index in [1.807, 2.05) is 25.2 Å². The largest absolute Gasteiger partial charge is 0.419 e. The van der Waals surface area contributed by atoms with E-state index >= 15 is 0 Å². The maximum absolute atomic E-state index is 5.77. The molecule has 2 rings (SSSR count). The molecule has 1 aromatic carbocycles. The lowest BCUT2D eigenvalue weighted by Crippen LogP contribution is -2.15. The Morgan fingerprint density at radius 1 is 1.22 bits per heavy atom. The van der Waals surface area contributed by atoms with Crippen LogP contribution in [0.2, 0.25) is 0 Å². The number of benzene rings is 1. The van der Waals surface area contributed by atoms with Gasteiger partial charge in [-0.15, -0.1) is 10.2 Å². The monoisotopic (exact) mass is 245 g/mol. The topological polar surface area (TPSA) is 51.0 Å². The second-order valence-electron chi connectivity index (χ2n) is 4.21. The summed E-state index contributed by atoms with van der Waals surface area (Å²) in [5.74, 6) is 1.26. The SMILES string of the molecule is CCc1ccccc1-c1nnc(C(CC)NC)o1. The maximum Gasteiger partial charge on any atom is 0.248 e. The minimum atomic E-state index is 0.125. The van der Waals surface area contributed by atoms with E-state index in [4.69, 9.17) is 4.42 Å². The first-order valence-corrected chi connectivity index (χ1v) is 6.39. The highest BCUT2D eigenvalue weighted by atomic mass is 16.4. The minimum Gasteiger partial charge on any atom is -0.419 e. The molecule has 0 fully saturated rings. The Kier molecular flexibility index (Phi) is 4.10. The van der Waals surface area contributed by atoms with Crippen LogP contribution in [0, 0.1) is 0 Å². The minimum absolute atomic E-state index is 0.125. The Morgan fingerprint density at radius 2 is 2.00 bits per heavy atom. The third kappa shape index (κ3) is 2.43. The molecule has 1 atom stereocenters. The molecule has 0 aliphatic rings. The molecular weight excluding hydrogens is 226 g/mol. The van der Waals surface area contributed by atoms with E-state index in [-0.39, 0.29) is 6.04 Å². The molecular formula is C14H19N3O. The molecule has 4 heteroatoms. The predicted molar refractivity (Wildman–Crippen MR) is 71.2 cm³/mol. The Balaban J connectivity index is 2.34. The van der Waals surface area contributed by atoms with Gasteiger partial charge in [0, 0.05) is 5.56 Å². The lowest BCUT2D eigenvalue weighted by molar-refractivity contribution is 0.415. The van der Waals surface area contributed by atoms with E-state index in [1.54, 1.807) is 0 Å². The van der Waals surface area contributed by atoms with Gasteiger partial charge in [-0.3, -0.25) is 0 Å². The average Bonchev–Trinajstić information content (AvgIpc) is 2.89. The van der Waals surface area contributed by atoms with Crippen molar-refractivity contribution in [2.75, 3.05) is 7.05 Å². The van der Waals surface area contributed by atoms with Gasteiger partial charge in [0.15, 0.2) is 0 Å². The van der Waals surface area contributed by atoms with Gasteiger partial charge in [0.05, 0.1) is 6.04 Å². The van der Waals surface area contributed by atoms with Gasteiger partial charge in [-0.2, -0.15) is 0 Å². The number of aromatic nitrogens is 2. The van der Waals surface area contributed by atoms with Gasteiger partial charge in [0.25, 0.3) is 0 Å². The van der Waals surface area contributed by atoms with E-state index in [1.165, 1.54) is 5.56 Å². The summed E-state index contributed by atoms with van der Waals surface area (Å²) in [6.45, 7) is 4.21. The molecule has 18 heavy (non-hydrogen) atoms. The smallest absolute Gasteiger partial charge is 0.248 e. The molecule has 0 amide bonds. The van der Waals surface area contributed by atoms with Crippen LogP contribution in [0.25, 0.3) is 11.5 Å². The molecule has 0 radical (unpaired) electrons. The highest BCUT2D eigenvalue weighted by molar-refractivity contribution is 5.58. The fourth-order valence-electron chi connectivity index (χ4n) is 2.02. The summed E-state index contributed by atoms with van der Waals surface area (Å²) >= 11 is 0. The summed E-state index contributed by atoms with van der Waals surface area (Å²) in [6, 6.07) is 8.26. The highest BCUT2D eigenvalue weighted by Gasteiger charge is 2.16. The van der Waals surface area contributed by atoms with E-state index in [2.05, 4.69) is 35.4 Å². The van der Waals surface area contributed by atoms with Crippen molar-refractivity contribution in [2.24, 2.45) is 0 Å². The van der Waals surface area contributed by atoms with E-state index in [0.29, 0.717) is 11.8 Å². The fourth-order valence-corrected chi connectivity index (χ4v) is 2.02. The molecule has 1 heterocycles. The number of rotatable bonds is 5. The number of aryl methyl sites for hydroxylation is 1. The van der Waals surface area contributed by atoms with Gasteiger partial charge in [0.2, 0.25) is 11.8 Å². The lowest BCUT2D eigenvalue weighted by Gasteiger charge is -2.07. The van der Waals surface area contributed by atoms with Crippen LogP contribution in [0.5, 0.6) is 0 Å². The molecule has 1 N–H and O–H groups in total. The molecule has 96 valence electrons. The van der Waals surface area contributed by atoms with E-state index < -0.39 is 0 Å². The summed E-state index contributed by atoms with van der Waals surface area (Å²) < 4.78 is 5.77. The van der Waals surface area contributed by atoms with Crippen molar-refractivity contribution in [1.82, 2.24) is 15.5 Å². The first-order valence-electron chi connectivity index (χ1n) is 6.39. The molecule has 2 aromatic rings. The average molecular weight is 245 g/mol. The van der Waals surface area contributed by atoms with Crippen LogP contribution in [0.1, 0.15) is 37.8 Å². The normalized spacial score (nSPS) is 12.6. The molecule has 1 unspecified atom stereocenters. The van der Waals surface area contributed by atoms with Crippen molar-refractivity contribution >= 4 is 0 Å². The summed E-state index contributed by atoms with van der Waals surface area (Å²) in [5, 5.41) is 11.5. The quantitative estimate of drug-likeness (QED) is 0.879. The van der Waals surface area contributed by atoms with Gasteiger partial charge in [0.1, 0.15) is 0 Å². The Labute approximate surface area is 107 Å². The zero-order chi connectivity index (χ0) is 13.0. The van der Waals surface area contributed by atoms with Crippen molar-refractivity contribution in [3.8, 4) is 11.5 Å². The second kappa shape index (κ2) is 5.78. The van der Waals surface area contributed by atoms with Crippen LogP contribution >= 0.6 is 0 Å². The van der Waals surface area contributed by atoms with Gasteiger partial charge >= 0.3 is 0 Å². The first-order chi connectivity index (χ1) is 8.80. The van der Waals surface area contributed by atoms with Crippen molar-refractivity contribution in [3.05, 3.63) is 35.7 Å². The zero-order valence-corrected chi connectivity index (χ0v) is 11.1. The molecule has 0 aliphatic carbocycles. The van der Waals surface area contributed by atoms with Crippen LogP contribution in [0.3, 0.4) is 0 Å². The van der Waals surface area contributed by atoms with E-state index in [0.717, 1.165) is 18.4 Å². The first kappa shape index (κ1) is 12.8. The van der Waals surface area contributed by atoms with Crippen LogP contribution in [-0.4, -0.2) is 17.2 Å². The van der Waals surface area contributed by atoms with Gasteiger partial charge < -0.3 is 9.73 Å². The molecule has 0 aliphatic heterocycles. The van der Waals surface area contributed by atoms with E-state index in [9.17, 15) is 0 Å². The van der Waals surface area contributed by atoms with Crippen LogP contribution in [-0.2, 0) is 6.42 Å². The Hall–Kier alpha value is -1.68. The Bertz CT molecular complexity index is 503. The Morgan fingerprint density at radius 3 is 2.67 bits per heavy atom. The standard InChI is InChI=1S/C14H19N3O/c1-4-10-8-6-7-9-11(10)13-16-17-14(18-13)12(5-2)15-3/h6-9,12,15H,4-5H2,1-3H3. The van der Waals surface area contributed by atoms with Gasteiger partial charge in [-0.1, -0.05) is 32.0 Å². The van der Waals surface area contributed by atoms with Gasteiger partial charge in [-0.05, 0) is 31.5 Å². The summed E-state index contributed by atoms with van der Waals surface area (Å²) in [7, 11) is 1.90. The van der Waals surface area contributed by atoms with Crippen LogP contribution < -0.4 is 5.32 Å². The van der Waals surface area contributed by atoms with Gasteiger partial charge in [-0.25, -0.2) is 0 Å². The number of hydrogen-bond donors (Lipinski definition) is 1. The molecule has 0 bridgehead atoms. The van der Waals surface area contributed by atoms with Crippen molar-refractivity contribution in [2.45, 2.75) is 32.7 Å². The molecule has 1 aromatic heterocycles. The lowest BCUT2D eigenvalue weighted by atomic mass is 10.1. The number of hydrogen-bond acceptors (Lipinski definition) is 4. The predicted octanol–water partition coefficient (Wildman–Crippen LogP) is 2.97. The van der Waals surface area contributed by atoms with Crippen LogP contribution in [0.15, 0.2) is 28.7 Å². The molecule has 0 saturated heterocycles.